The molecule has 0 amide bonds. The van der Waals surface area contributed by atoms with E-state index < -0.39 is 0 Å². The number of nitrogens with zero attached hydrogens (tertiary/aromatic N) is 4. The average Bonchev–Trinajstić information content (AvgIpc) is 2.98. The Morgan fingerprint density at radius 2 is 1.90 bits per heavy atom. The molecule has 20 heavy (non-hydrogen) atoms. The minimum Gasteiger partial charge on any atom is -0.388 e. The van der Waals surface area contributed by atoms with Crippen molar-refractivity contribution in [2.24, 2.45) is 5.73 Å². The predicted molar refractivity (Wildman–Crippen MR) is 80.5 cm³/mol. The number of rotatable bonds is 3. The second kappa shape index (κ2) is 5.18. The molecule has 0 radical (unpaired) electrons. The first-order valence-electron chi connectivity index (χ1n) is 5.97. The summed E-state index contributed by atoms with van der Waals surface area (Å²) in [6.45, 7) is 0. The monoisotopic (exact) mass is 281 g/mol. The Balaban J connectivity index is 1.98. The first-order valence-corrected chi connectivity index (χ1v) is 6.38. The van der Waals surface area contributed by atoms with Crippen LogP contribution in [0.2, 0.25) is 0 Å². The van der Waals surface area contributed by atoms with Crippen LogP contribution in [0, 0.1) is 0 Å². The normalized spacial score (nSPS) is 10.4. The highest BCUT2D eigenvalue weighted by atomic mass is 32.1. The van der Waals surface area contributed by atoms with E-state index in [1.165, 1.54) is 0 Å². The number of aromatic nitrogens is 4. The molecule has 0 aliphatic carbocycles. The third-order valence-corrected chi connectivity index (χ3v) is 3.00. The minimum atomic E-state index is 0.240. The molecular weight excluding hydrogens is 270 g/mol. The van der Waals surface area contributed by atoms with E-state index in [4.69, 9.17) is 18.0 Å². The van der Waals surface area contributed by atoms with Crippen molar-refractivity contribution >= 4 is 17.2 Å². The lowest BCUT2D eigenvalue weighted by molar-refractivity contribution is 0.806. The largest absolute Gasteiger partial charge is 0.388 e. The van der Waals surface area contributed by atoms with Gasteiger partial charge in [0.05, 0.1) is 6.20 Å². The molecule has 2 aromatic heterocycles. The third-order valence-electron chi connectivity index (χ3n) is 2.79. The summed E-state index contributed by atoms with van der Waals surface area (Å²) in [5, 5.41) is 4.27. The van der Waals surface area contributed by atoms with Gasteiger partial charge in [0.15, 0.2) is 0 Å². The second-order valence-electron chi connectivity index (χ2n) is 4.15. The van der Waals surface area contributed by atoms with Gasteiger partial charge in [-0.25, -0.2) is 14.6 Å². The molecule has 0 atom stereocenters. The van der Waals surface area contributed by atoms with Crippen LogP contribution >= 0.6 is 12.2 Å². The SMILES string of the molecule is NC(=S)c1ccnc(-n2cc(-c3ccccc3)cn2)n1. The summed E-state index contributed by atoms with van der Waals surface area (Å²) in [4.78, 5) is 8.69. The van der Waals surface area contributed by atoms with Crippen LogP contribution in [0.5, 0.6) is 0 Å². The van der Waals surface area contributed by atoms with E-state index in [0.717, 1.165) is 11.1 Å². The number of nitrogens with two attached hydrogens (primary N) is 1. The molecule has 0 bridgehead atoms. The van der Waals surface area contributed by atoms with Gasteiger partial charge in [0.25, 0.3) is 5.95 Å². The quantitative estimate of drug-likeness (QED) is 0.743. The summed E-state index contributed by atoms with van der Waals surface area (Å²) in [7, 11) is 0. The van der Waals surface area contributed by atoms with Gasteiger partial charge in [-0.05, 0) is 11.6 Å². The van der Waals surface area contributed by atoms with Gasteiger partial charge in [0.1, 0.15) is 10.7 Å². The van der Waals surface area contributed by atoms with Crippen molar-refractivity contribution in [3.8, 4) is 17.1 Å². The smallest absolute Gasteiger partial charge is 0.251 e. The number of hydrogen-bond acceptors (Lipinski definition) is 4. The molecule has 0 aliphatic heterocycles. The van der Waals surface area contributed by atoms with Crippen molar-refractivity contribution in [1.29, 1.82) is 0 Å². The molecule has 3 rings (SSSR count). The van der Waals surface area contributed by atoms with Gasteiger partial charge in [-0.2, -0.15) is 5.10 Å². The summed E-state index contributed by atoms with van der Waals surface area (Å²) >= 11 is 4.91. The Morgan fingerprint density at radius 1 is 1.10 bits per heavy atom. The van der Waals surface area contributed by atoms with Crippen molar-refractivity contribution in [2.45, 2.75) is 0 Å². The Labute approximate surface area is 121 Å². The van der Waals surface area contributed by atoms with Crippen molar-refractivity contribution in [2.75, 3.05) is 0 Å². The number of hydrogen-bond donors (Lipinski definition) is 1. The van der Waals surface area contributed by atoms with Gasteiger partial charge >= 0.3 is 0 Å². The highest BCUT2D eigenvalue weighted by Crippen LogP contribution is 2.18. The van der Waals surface area contributed by atoms with E-state index in [2.05, 4.69) is 15.1 Å². The summed E-state index contributed by atoms with van der Waals surface area (Å²) in [5.41, 5.74) is 8.18. The molecule has 0 saturated heterocycles. The van der Waals surface area contributed by atoms with Crippen LogP contribution in [0.1, 0.15) is 5.69 Å². The van der Waals surface area contributed by atoms with Crippen LogP contribution in [0.25, 0.3) is 17.1 Å². The second-order valence-corrected chi connectivity index (χ2v) is 4.59. The third kappa shape index (κ3) is 2.41. The van der Waals surface area contributed by atoms with Gasteiger partial charge in [0, 0.05) is 18.0 Å². The highest BCUT2D eigenvalue weighted by molar-refractivity contribution is 7.80. The molecule has 3 aromatic rings. The molecular formula is C14H11N5S. The zero-order valence-electron chi connectivity index (χ0n) is 10.5. The maximum Gasteiger partial charge on any atom is 0.251 e. The molecule has 2 N–H and O–H groups in total. The van der Waals surface area contributed by atoms with Crippen molar-refractivity contribution in [3.05, 3.63) is 60.7 Å². The summed E-state index contributed by atoms with van der Waals surface area (Å²) in [6.07, 6.45) is 5.25. The molecule has 0 saturated carbocycles. The van der Waals surface area contributed by atoms with Crippen LogP contribution in [0.4, 0.5) is 0 Å². The van der Waals surface area contributed by atoms with Gasteiger partial charge in [-0.1, -0.05) is 42.5 Å². The van der Waals surface area contributed by atoms with E-state index in [9.17, 15) is 0 Å². The van der Waals surface area contributed by atoms with E-state index >= 15 is 0 Å². The summed E-state index contributed by atoms with van der Waals surface area (Å²) in [5.74, 6) is 0.442. The fraction of sp³-hybridized carbons (Fsp3) is 0. The lowest BCUT2D eigenvalue weighted by atomic mass is 10.1. The fourth-order valence-corrected chi connectivity index (χ4v) is 1.92. The lowest BCUT2D eigenvalue weighted by Crippen LogP contribution is -2.14. The predicted octanol–water partition coefficient (Wildman–Crippen LogP) is 1.96. The maximum atomic E-state index is 5.57. The molecule has 0 fully saturated rings. The molecule has 98 valence electrons. The molecule has 0 aliphatic rings. The lowest BCUT2D eigenvalue weighted by Gasteiger charge is -2.01. The summed E-state index contributed by atoms with van der Waals surface area (Å²) < 4.78 is 1.60. The molecule has 1 aromatic carbocycles. The first kappa shape index (κ1) is 12.4. The van der Waals surface area contributed by atoms with Crippen molar-refractivity contribution in [3.63, 3.8) is 0 Å². The van der Waals surface area contributed by atoms with Crippen LogP contribution in [0.15, 0.2) is 55.0 Å². The van der Waals surface area contributed by atoms with Crippen LogP contribution in [-0.2, 0) is 0 Å². The van der Waals surface area contributed by atoms with E-state index in [-0.39, 0.29) is 4.99 Å². The Bertz CT molecular complexity index is 751. The van der Waals surface area contributed by atoms with Crippen LogP contribution in [-0.4, -0.2) is 24.7 Å². The molecule has 5 nitrogen and oxygen atoms in total. The molecule has 0 spiro atoms. The Kier molecular flexibility index (Phi) is 3.22. The van der Waals surface area contributed by atoms with Crippen LogP contribution in [0.3, 0.4) is 0 Å². The zero-order chi connectivity index (χ0) is 13.9. The van der Waals surface area contributed by atoms with Crippen LogP contribution < -0.4 is 5.73 Å². The molecule has 2 heterocycles. The Hall–Kier alpha value is -2.60. The number of thiocarbonyl (C=S) groups is 1. The van der Waals surface area contributed by atoms with Crippen molar-refractivity contribution in [1.82, 2.24) is 19.7 Å². The van der Waals surface area contributed by atoms with E-state index in [1.807, 2.05) is 36.5 Å². The van der Waals surface area contributed by atoms with E-state index in [0.29, 0.717) is 11.6 Å². The number of benzene rings is 1. The minimum absolute atomic E-state index is 0.240. The zero-order valence-corrected chi connectivity index (χ0v) is 11.3. The topological polar surface area (TPSA) is 69.6 Å². The van der Waals surface area contributed by atoms with Gasteiger partial charge in [-0.3, -0.25) is 0 Å². The highest BCUT2D eigenvalue weighted by Gasteiger charge is 2.07. The standard InChI is InChI=1S/C14H11N5S/c15-13(20)12-6-7-16-14(18-12)19-9-11(8-17-19)10-4-2-1-3-5-10/h1-9H,(H2,15,20). The van der Waals surface area contributed by atoms with Gasteiger partial charge < -0.3 is 5.73 Å². The maximum absolute atomic E-state index is 5.57. The average molecular weight is 281 g/mol. The van der Waals surface area contributed by atoms with E-state index in [1.54, 1.807) is 23.1 Å². The molecule has 0 unspecified atom stereocenters. The van der Waals surface area contributed by atoms with Gasteiger partial charge in [0.2, 0.25) is 0 Å². The summed E-state index contributed by atoms with van der Waals surface area (Å²) in [6, 6.07) is 11.7. The molecule has 6 heteroatoms. The first-order chi connectivity index (χ1) is 9.74. The van der Waals surface area contributed by atoms with Crippen molar-refractivity contribution < 1.29 is 0 Å². The Morgan fingerprint density at radius 3 is 2.65 bits per heavy atom. The van der Waals surface area contributed by atoms with Gasteiger partial charge in [-0.15, -0.1) is 0 Å². The fourth-order valence-electron chi connectivity index (χ4n) is 1.81.